The van der Waals surface area contributed by atoms with Gasteiger partial charge in [-0.25, -0.2) is 4.39 Å². The van der Waals surface area contributed by atoms with Crippen molar-refractivity contribution in [2.45, 2.75) is 30.7 Å². The van der Waals surface area contributed by atoms with Crippen LogP contribution >= 0.6 is 24.2 Å². The molecule has 0 aliphatic heterocycles. The third kappa shape index (κ3) is 8.86. The Morgan fingerprint density at radius 1 is 1.37 bits per heavy atom. The molecule has 1 aromatic rings. The van der Waals surface area contributed by atoms with Gasteiger partial charge in [-0.1, -0.05) is 0 Å². The lowest BCUT2D eigenvalue weighted by atomic mass is 10.1. The van der Waals surface area contributed by atoms with E-state index in [0.717, 1.165) is 4.90 Å². The first-order valence-corrected chi connectivity index (χ1v) is 6.79. The molecule has 1 amide bonds. The topological polar surface area (TPSA) is 55.1 Å². The van der Waals surface area contributed by atoms with Crippen LogP contribution in [0.15, 0.2) is 29.2 Å². The van der Waals surface area contributed by atoms with Crippen LogP contribution < -0.4 is 11.1 Å². The highest BCUT2D eigenvalue weighted by Gasteiger charge is 2.11. The minimum absolute atomic E-state index is 0. The molecule has 0 bridgehead atoms. The number of amides is 1. The van der Waals surface area contributed by atoms with E-state index in [1.54, 1.807) is 12.1 Å². The van der Waals surface area contributed by atoms with E-state index in [1.807, 2.05) is 13.8 Å². The number of hydrogen-bond donors (Lipinski definition) is 2. The summed E-state index contributed by atoms with van der Waals surface area (Å²) in [6, 6.07) is 6.25. The smallest absolute Gasteiger partial charge is 0.220 e. The molecule has 0 aliphatic carbocycles. The van der Waals surface area contributed by atoms with Gasteiger partial charge in [0.15, 0.2) is 0 Å². The lowest BCUT2D eigenvalue weighted by Crippen LogP contribution is -2.45. The number of rotatable bonds is 6. The van der Waals surface area contributed by atoms with E-state index < -0.39 is 0 Å². The molecule has 3 N–H and O–H groups in total. The van der Waals surface area contributed by atoms with Gasteiger partial charge in [-0.3, -0.25) is 4.79 Å². The van der Waals surface area contributed by atoms with E-state index in [0.29, 0.717) is 18.7 Å². The number of nitrogens with two attached hydrogens (primary N) is 1. The van der Waals surface area contributed by atoms with Crippen molar-refractivity contribution in [3.63, 3.8) is 0 Å². The fourth-order valence-corrected chi connectivity index (χ4v) is 2.06. The summed E-state index contributed by atoms with van der Waals surface area (Å²) < 4.78 is 12.7. The monoisotopic (exact) mass is 306 g/mol. The van der Waals surface area contributed by atoms with Crippen LogP contribution in [0.4, 0.5) is 4.39 Å². The lowest BCUT2D eigenvalue weighted by molar-refractivity contribution is -0.120. The Labute approximate surface area is 123 Å². The summed E-state index contributed by atoms with van der Waals surface area (Å²) in [6.07, 6.45) is 0.429. The van der Waals surface area contributed by atoms with E-state index in [9.17, 15) is 9.18 Å². The Kier molecular flexibility index (Phi) is 8.06. The van der Waals surface area contributed by atoms with Crippen LogP contribution in [0.3, 0.4) is 0 Å². The second-order valence-electron chi connectivity index (χ2n) is 4.82. The van der Waals surface area contributed by atoms with Crippen molar-refractivity contribution in [3.8, 4) is 0 Å². The van der Waals surface area contributed by atoms with Gasteiger partial charge in [-0.2, -0.15) is 0 Å². The molecule has 0 saturated heterocycles. The molecule has 0 fully saturated rings. The molecule has 19 heavy (non-hydrogen) atoms. The number of benzene rings is 1. The average molecular weight is 307 g/mol. The molecule has 0 spiro atoms. The minimum atomic E-state index is -0.389. The van der Waals surface area contributed by atoms with Crippen LogP contribution in [0.1, 0.15) is 20.3 Å². The number of carbonyl (C=O) groups excluding carboxylic acids is 1. The zero-order chi connectivity index (χ0) is 13.6. The summed E-state index contributed by atoms with van der Waals surface area (Å²) in [5.41, 5.74) is 5.37. The largest absolute Gasteiger partial charge is 0.354 e. The van der Waals surface area contributed by atoms with E-state index in [2.05, 4.69) is 5.32 Å². The molecule has 0 radical (unpaired) electrons. The molecule has 108 valence electrons. The third-order valence-electron chi connectivity index (χ3n) is 2.15. The summed E-state index contributed by atoms with van der Waals surface area (Å²) in [6.45, 7) is 4.19. The van der Waals surface area contributed by atoms with Gasteiger partial charge in [-0.15, -0.1) is 24.2 Å². The van der Waals surface area contributed by atoms with Crippen molar-refractivity contribution >= 4 is 30.1 Å². The van der Waals surface area contributed by atoms with Crippen LogP contribution in [-0.4, -0.2) is 23.7 Å². The van der Waals surface area contributed by atoms with Gasteiger partial charge in [0.25, 0.3) is 0 Å². The Morgan fingerprint density at radius 2 is 1.95 bits per heavy atom. The quantitative estimate of drug-likeness (QED) is 0.794. The summed E-state index contributed by atoms with van der Waals surface area (Å²) >= 11 is 1.53. The number of thioether (sulfide) groups is 1. The van der Waals surface area contributed by atoms with Gasteiger partial charge in [0.05, 0.1) is 0 Å². The molecule has 0 aromatic heterocycles. The van der Waals surface area contributed by atoms with Gasteiger partial charge in [0, 0.05) is 29.2 Å². The Bertz CT molecular complexity index is 393. The summed E-state index contributed by atoms with van der Waals surface area (Å²) in [7, 11) is 0. The number of hydrogen-bond acceptors (Lipinski definition) is 3. The molecule has 1 aromatic carbocycles. The van der Waals surface area contributed by atoms with E-state index >= 15 is 0 Å². The second-order valence-corrected chi connectivity index (χ2v) is 5.99. The van der Waals surface area contributed by atoms with Crippen LogP contribution in [0.25, 0.3) is 0 Å². The average Bonchev–Trinajstić information content (AvgIpc) is 2.28. The van der Waals surface area contributed by atoms with Gasteiger partial charge in [0.1, 0.15) is 5.82 Å². The number of carbonyl (C=O) groups is 1. The third-order valence-corrected chi connectivity index (χ3v) is 3.17. The van der Waals surface area contributed by atoms with Crippen LogP contribution in [0.2, 0.25) is 0 Å². The highest BCUT2D eigenvalue weighted by molar-refractivity contribution is 7.99. The fourth-order valence-electron chi connectivity index (χ4n) is 1.21. The maximum absolute atomic E-state index is 12.7. The standard InChI is InChI=1S/C13H19FN2OS.ClH/c1-13(2,15)9-16-12(17)7-8-18-11-5-3-10(14)4-6-11;/h3-6H,7-9,15H2,1-2H3,(H,16,17);1H. The number of halogens is 2. The van der Waals surface area contributed by atoms with E-state index in [1.165, 1.54) is 23.9 Å². The summed E-state index contributed by atoms with van der Waals surface area (Å²) in [5.74, 6) is 0.410. The van der Waals surface area contributed by atoms with Crippen molar-refractivity contribution < 1.29 is 9.18 Å². The zero-order valence-electron chi connectivity index (χ0n) is 11.1. The van der Waals surface area contributed by atoms with Crippen LogP contribution in [0.5, 0.6) is 0 Å². The van der Waals surface area contributed by atoms with E-state index in [-0.39, 0.29) is 29.7 Å². The van der Waals surface area contributed by atoms with E-state index in [4.69, 9.17) is 5.73 Å². The van der Waals surface area contributed by atoms with Crippen molar-refractivity contribution in [1.82, 2.24) is 5.32 Å². The van der Waals surface area contributed by atoms with Crippen LogP contribution in [0, 0.1) is 5.82 Å². The Morgan fingerprint density at radius 3 is 2.47 bits per heavy atom. The molecule has 3 nitrogen and oxygen atoms in total. The first-order chi connectivity index (χ1) is 8.37. The molecular weight excluding hydrogens is 287 g/mol. The molecule has 1 rings (SSSR count). The molecule has 0 saturated carbocycles. The Balaban J connectivity index is 0.00000324. The molecule has 0 atom stereocenters. The molecule has 6 heteroatoms. The van der Waals surface area contributed by atoms with Gasteiger partial charge >= 0.3 is 0 Å². The van der Waals surface area contributed by atoms with Crippen molar-refractivity contribution in [2.24, 2.45) is 5.73 Å². The van der Waals surface area contributed by atoms with Crippen LogP contribution in [-0.2, 0) is 4.79 Å². The molecule has 0 unspecified atom stereocenters. The summed E-state index contributed by atoms with van der Waals surface area (Å²) in [5, 5.41) is 2.78. The highest BCUT2D eigenvalue weighted by Crippen LogP contribution is 2.18. The predicted octanol–water partition coefficient (Wildman–Crippen LogP) is 2.58. The zero-order valence-corrected chi connectivity index (χ0v) is 12.7. The fraction of sp³-hybridized carbons (Fsp3) is 0.462. The highest BCUT2D eigenvalue weighted by atomic mass is 35.5. The maximum Gasteiger partial charge on any atom is 0.220 e. The van der Waals surface area contributed by atoms with Crippen molar-refractivity contribution in [3.05, 3.63) is 30.1 Å². The van der Waals surface area contributed by atoms with Gasteiger partial charge < -0.3 is 11.1 Å². The SMILES string of the molecule is CC(C)(N)CNC(=O)CCSc1ccc(F)cc1.Cl. The van der Waals surface area contributed by atoms with Crippen molar-refractivity contribution in [2.75, 3.05) is 12.3 Å². The van der Waals surface area contributed by atoms with Gasteiger partial charge in [0.2, 0.25) is 5.91 Å². The first kappa shape index (κ1) is 18.2. The lowest BCUT2D eigenvalue weighted by Gasteiger charge is -2.18. The first-order valence-electron chi connectivity index (χ1n) is 5.81. The molecule has 0 aliphatic rings. The normalized spacial score (nSPS) is 10.7. The number of nitrogens with one attached hydrogen (secondary N) is 1. The Hall–Kier alpha value is -0.780. The second kappa shape index (κ2) is 8.40. The molecule has 0 heterocycles. The van der Waals surface area contributed by atoms with Crippen molar-refractivity contribution in [1.29, 1.82) is 0 Å². The minimum Gasteiger partial charge on any atom is -0.354 e. The predicted molar refractivity (Wildman–Crippen MR) is 80.3 cm³/mol. The maximum atomic E-state index is 12.7. The molecular formula is C13H20ClFN2OS. The van der Waals surface area contributed by atoms with Gasteiger partial charge in [-0.05, 0) is 38.1 Å². The summed E-state index contributed by atoms with van der Waals surface area (Å²) in [4.78, 5) is 12.5.